The van der Waals surface area contributed by atoms with Crippen LogP contribution in [0, 0.1) is 0 Å². The first-order chi connectivity index (χ1) is 8.63. The molecule has 1 aliphatic heterocycles. The molecule has 102 valence electrons. The summed E-state index contributed by atoms with van der Waals surface area (Å²) in [5.74, 6) is 0.818. The molecule has 0 bridgehead atoms. The highest BCUT2D eigenvalue weighted by Crippen LogP contribution is 2.22. The zero-order chi connectivity index (χ0) is 13.0. The third-order valence-corrected chi connectivity index (χ3v) is 2.65. The van der Waals surface area contributed by atoms with Crippen LogP contribution < -0.4 is 5.73 Å². The Morgan fingerprint density at radius 3 is 3.00 bits per heavy atom. The molecule has 1 aromatic heterocycles. The Morgan fingerprint density at radius 1 is 1.50 bits per heavy atom. The lowest BCUT2D eigenvalue weighted by molar-refractivity contribution is -0.101. The van der Waals surface area contributed by atoms with Crippen molar-refractivity contribution in [3.8, 4) is 0 Å². The molecule has 1 fully saturated rings. The molecule has 1 aliphatic rings. The van der Waals surface area contributed by atoms with E-state index in [9.17, 15) is 0 Å². The van der Waals surface area contributed by atoms with Crippen molar-refractivity contribution in [2.75, 3.05) is 33.0 Å². The van der Waals surface area contributed by atoms with E-state index in [1.807, 2.05) is 6.92 Å². The smallest absolute Gasteiger partial charge is 0.258 e. The lowest BCUT2D eigenvalue weighted by Crippen LogP contribution is -2.39. The van der Waals surface area contributed by atoms with E-state index in [-0.39, 0.29) is 6.10 Å². The first kappa shape index (κ1) is 13.4. The van der Waals surface area contributed by atoms with Gasteiger partial charge in [-0.1, -0.05) is 5.16 Å². The quantitative estimate of drug-likeness (QED) is 0.814. The Hall–Kier alpha value is -1.02. The molecule has 7 heteroatoms. The van der Waals surface area contributed by atoms with Gasteiger partial charge in [-0.3, -0.25) is 0 Å². The number of hydrogen-bond donors (Lipinski definition) is 1. The molecule has 0 aromatic carbocycles. The molecule has 2 rings (SSSR count). The summed E-state index contributed by atoms with van der Waals surface area (Å²) in [5.41, 5.74) is 5.31. The Bertz CT molecular complexity index is 374. The third-order valence-electron chi connectivity index (χ3n) is 2.65. The number of hydrogen-bond acceptors (Lipinski definition) is 7. The van der Waals surface area contributed by atoms with Crippen molar-refractivity contribution in [1.29, 1.82) is 0 Å². The first-order valence-electron chi connectivity index (χ1n) is 6.03. The van der Waals surface area contributed by atoms with E-state index in [1.54, 1.807) is 6.92 Å². The standard InChI is InChI=1S/C11H19N3O4/c1-3-15-7-11(2,12)10-13-9(18-14-10)8-6-16-4-5-17-8/h8H,3-7,12H2,1-2H3. The van der Waals surface area contributed by atoms with Crippen LogP contribution >= 0.6 is 0 Å². The predicted molar refractivity (Wildman–Crippen MR) is 61.8 cm³/mol. The van der Waals surface area contributed by atoms with Crippen LogP contribution in [-0.2, 0) is 19.7 Å². The van der Waals surface area contributed by atoms with Gasteiger partial charge in [0.05, 0.1) is 26.4 Å². The van der Waals surface area contributed by atoms with Crippen LogP contribution in [0.15, 0.2) is 4.52 Å². The molecule has 2 N–H and O–H groups in total. The van der Waals surface area contributed by atoms with Crippen LogP contribution in [0.4, 0.5) is 0 Å². The van der Waals surface area contributed by atoms with Crippen LogP contribution in [0.3, 0.4) is 0 Å². The molecular formula is C11H19N3O4. The summed E-state index contributed by atoms with van der Waals surface area (Å²) in [6, 6.07) is 0. The molecule has 7 nitrogen and oxygen atoms in total. The van der Waals surface area contributed by atoms with Crippen LogP contribution in [0.1, 0.15) is 31.7 Å². The molecule has 2 heterocycles. The van der Waals surface area contributed by atoms with Crippen LogP contribution in [0.5, 0.6) is 0 Å². The Kier molecular flexibility index (Phi) is 4.28. The van der Waals surface area contributed by atoms with Crippen molar-refractivity contribution in [1.82, 2.24) is 10.1 Å². The minimum Gasteiger partial charge on any atom is -0.379 e. The molecule has 0 saturated carbocycles. The van der Waals surface area contributed by atoms with Crippen molar-refractivity contribution < 1.29 is 18.7 Å². The zero-order valence-electron chi connectivity index (χ0n) is 10.7. The second-order valence-electron chi connectivity index (χ2n) is 4.45. The summed E-state index contributed by atoms with van der Waals surface area (Å²) >= 11 is 0. The fourth-order valence-corrected chi connectivity index (χ4v) is 1.61. The summed E-state index contributed by atoms with van der Waals surface area (Å²) in [7, 11) is 0. The highest BCUT2D eigenvalue weighted by Gasteiger charge is 2.30. The maximum absolute atomic E-state index is 6.08. The zero-order valence-corrected chi connectivity index (χ0v) is 10.7. The number of nitrogens with two attached hydrogens (primary N) is 1. The molecular weight excluding hydrogens is 238 g/mol. The van der Waals surface area contributed by atoms with Gasteiger partial charge in [-0.25, -0.2) is 0 Å². The first-order valence-corrected chi connectivity index (χ1v) is 6.03. The van der Waals surface area contributed by atoms with Crippen LogP contribution in [0.2, 0.25) is 0 Å². The highest BCUT2D eigenvalue weighted by atomic mass is 16.6. The number of ether oxygens (including phenoxy) is 3. The molecule has 1 saturated heterocycles. The van der Waals surface area contributed by atoms with Crippen molar-refractivity contribution in [3.05, 3.63) is 11.7 Å². The Morgan fingerprint density at radius 2 is 2.33 bits per heavy atom. The minimum atomic E-state index is -0.771. The Balaban J connectivity index is 2.04. The lowest BCUT2D eigenvalue weighted by Gasteiger charge is -2.20. The highest BCUT2D eigenvalue weighted by molar-refractivity contribution is 5.03. The minimum absolute atomic E-state index is 0.303. The van der Waals surface area contributed by atoms with Gasteiger partial charge in [-0.15, -0.1) is 0 Å². The van der Waals surface area contributed by atoms with Crippen LogP contribution in [0.25, 0.3) is 0 Å². The van der Waals surface area contributed by atoms with Crippen molar-refractivity contribution in [2.24, 2.45) is 5.73 Å². The van der Waals surface area contributed by atoms with E-state index in [4.69, 9.17) is 24.5 Å². The number of nitrogens with zero attached hydrogens (tertiary/aromatic N) is 2. The van der Waals surface area contributed by atoms with Gasteiger partial charge in [-0.05, 0) is 13.8 Å². The van der Waals surface area contributed by atoms with Crippen molar-refractivity contribution in [3.63, 3.8) is 0 Å². The van der Waals surface area contributed by atoms with Gasteiger partial charge in [0.25, 0.3) is 5.89 Å². The second kappa shape index (κ2) is 5.75. The molecule has 18 heavy (non-hydrogen) atoms. The summed E-state index contributed by atoms with van der Waals surface area (Å²) in [4.78, 5) is 4.27. The second-order valence-corrected chi connectivity index (χ2v) is 4.45. The van der Waals surface area contributed by atoms with Gasteiger partial charge < -0.3 is 24.5 Å². The normalized spacial score (nSPS) is 23.8. The van der Waals surface area contributed by atoms with E-state index < -0.39 is 5.54 Å². The largest absolute Gasteiger partial charge is 0.379 e. The van der Waals surface area contributed by atoms with Gasteiger partial charge in [0.1, 0.15) is 5.54 Å². The van der Waals surface area contributed by atoms with Gasteiger partial charge in [-0.2, -0.15) is 4.98 Å². The Labute approximate surface area is 106 Å². The third kappa shape index (κ3) is 3.05. The van der Waals surface area contributed by atoms with Gasteiger partial charge in [0, 0.05) is 6.61 Å². The van der Waals surface area contributed by atoms with E-state index in [0.29, 0.717) is 44.7 Å². The van der Waals surface area contributed by atoms with E-state index in [2.05, 4.69) is 10.1 Å². The molecule has 2 unspecified atom stereocenters. The summed E-state index contributed by atoms with van der Waals surface area (Å²) < 4.78 is 21.2. The monoisotopic (exact) mass is 257 g/mol. The van der Waals surface area contributed by atoms with E-state index in [1.165, 1.54) is 0 Å². The van der Waals surface area contributed by atoms with E-state index >= 15 is 0 Å². The van der Waals surface area contributed by atoms with E-state index in [0.717, 1.165) is 0 Å². The van der Waals surface area contributed by atoms with Crippen molar-refractivity contribution >= 4 is 0 Å². The maximum Gasteiger partial charge on any atom is 0.258 e. The molecule has 0 spiro atoms. The van der Waals surface area contributed by atoms with Gasteiger partial charge in [0.2, 0.25) is 0 Å². The summed E-state index contributed by atoms with van der Waals surface area (Å²) in [6.45, 7) is 6.19. The molecule has 2 atom stereocenters. The summed E-state index contributed by atoms with van der Waals surface area (Å²) in [5, 5.41) is 3.89. The topological polar surface area (TPSA) is 92.6 Å². The fraction of sp³-hybridized carbons (Fsp3) is 0.818. The average molecular weight is 257 g/mol. The number of aromatic nitrogens is 2. The maximum atomic E-state index is 6.08. The number of rotatable bonds is 5. The van der Waals surface area contributed by atoms with Crippen LogP contribution in [-0.4, -0.2) is 43.2 Å². The summed E-state index contributed by atoms with van der Waals surface area (Å²) in [6.07, 6.45) is -0.303. The molecule has 0 radical (unpaired) electrons. The average Bonchev–Trinajstić information content (AvgIpc) is 2.88. The van der Waals surface area contributed by atoms with Crippen molar-refractivity contribution in [2.45, 2.75) is 25.5 Å². The SMILES string of the molecule is CCOCC(C)(N)c1noc(C2COCCO2)n1. The van der Waals surface area contributed by atoms with Gasteiger partial charge in [0.15, 0.2) is 11.9 Å². The van der Waals surface area contributed by atoms with Gasteiger partial charge >= 0.3 is 0 Å². The molecule has 1 aromatic rings. The molecule has 0 amide bonds. The fourth-order valence-electron chi connectivity index (χ4n) is 1.61. The lowest BCUT2D eigenvalue weighted by atomic mass is 10.1. The predicted octanol–water partition coefficient (Wildman–Crippen LogP) is 0.368. The molecule has 0 aliphatic carbocycles.